The number of benzene rings is 1. The maximum atomic E-state index is 13.2. The molecule has 0 bridgehead atoms. The molecule has 2 aliphatic heterocycles. The van der Waals surface area contributed by atoms with Gasteiger partial charge in [0, 0.05) is 50.7 Å². The normalized spacial score (nSPS) is 23.8. The van der Waals surface area contributed by atoms with Gasteiger partial charge in [0.15, 0.2) is 0 Å². The summed E-state index contributed by atoms with van der Waals surface area (Å²) in [5.41, 5.74) is 2.84. The van der Waals surface area contributed by atoms with Crippen LogP contribution in [-0.4, -0.2) is 71.8 Å². The molecule has 2 aromatic rings. The second-order valence-corrected chi connectivity index (χ2v) is 7.76. The topological polar surface area (TPSA) is 107 Å². The van der Waals surface area contributed by atoms with Crippen molar-refractivity contribution in [2.24, 2.45) is 5.92 Å². The summed E-state index contributed by atoms with van der Waals surface area (Å²) in [5.74, 6) is -1.01. The van der Waals surface area contributed by atoms with Gasteiger partial charge in [-0.1, -0.05) is 24.3 Å². The summed E-state index contributed by atoms with van der Waals surface area (Å²) in [6.45, 7) is 3.02. The maximum absolute atomic E-state index is 13.2. The Morgan fingerprint density at radius 1 is 1.06 bits per heavy atom. The lowest BCUT2D eigenvalue weighted by Gasteiger charge is -2.41. The van der Waals surface area contributed by atoms with E-state index in [1.807, 2.05) is 24.3 Å². The quantitative estimate of drug-likeness (QED) is 0.477. The highest BCUT2D eigenvalue weighted by molar-refractivity contribution is 5.90. The van der Waals surface area contributed by atoms with Gasteiger partial charge in [-0.3, -0.25) is 14.8 Å². The number of piperidine rings is 1. The smallest absolute Gasteiger partial charge is 0.248 e. The average molecular weight is 425 g/mol. The van der Waals surface area contributed by atoms with Crippen LogP contribution in [0.25, 0.3) is 0 Å². The molecule has 0 radical (unpaired) electrons. The third-order valence-electron chi connectivity index (χ3n) is 5.84. The molecule has 0 aliphatic carbocycles. The highest BCUT2D eigenvalue weighted by atomic mass is 16.5. The largest absolute Gasteiger partial charge is 0.473 e. The van der Waals surface area contributed by atoms with Crippen LogP contribution in [0.1, 0.15) is 6.42 Å². The number of ether oxygens (including phenoxy) is 1. The van der Waals surface area contributed by atoms with Crippen molar-refractivity contribution in [2.75, 3.05) is 37.6 Å². The number of carbonyl (C=O) groups is 2. The highest BCUT2D eigenvalue weighted by Crippen LogP contribution is 2.23. The summed E-state index contributed by atoms with van der Waals surface area (Å²) in [7, 11) is 0. The van der Waals surface area contributed by atoms with Crippen molar-refractivity contribution in [3.63, 3.8) is 0 Å². The van der Waals surface area contributed by atoms with E-state index in [-0.39, 0.29) is 12.0 Å². The fourth-order valence-electron chi connectivity index (χ4n) is 4.20. The van der Waals surface area contributed by atoms with Crippen molar-refractivity contribution in [2.45, 2.75) is 18.6 Å². The van der Waals surface area contributed by atoms with E-state index in [0.29, 0.717) is 31.9 Å². The van der Waals surface area contributed by atoms with Crippen molar-refractivity contribution in [3.05, 3.63) is 54.7 Å². The van der Waals surface area contributed by atoms with Crippen LogP contribution in [0, 0.1) is 5.92 Å². The number of hydrogen-bond donors (Lipinski definition) is 3. The maximum Gasteiger partial charge on any atom is 0.248 e. The lowest BCUT2D eigenvalue weighted by atomic mass is 9.87. The number of rotatable bonds is 5. The lowest BCUT2D eigenvalue weighted by Crippen LogP contribution is -2.62. The van der Waals surface area contributed by atoms with Crippen molar-refractivity contribution in [3.8, 4) is 5.88 Å². The number of para-hydroxylation sites is 1. The fraction of sp³-hybridized carbons (Fsp3) is 0.409. The standard InChI is InChI=1S/C22H27N5O4/c28-21(25-30)18-14-17(31-19-8-4-5-9-23-19)15-24-20(18)22(29)27-12-10-26(11-13-27)16-6-2-1-3-7-16/h1-9,17-18,20,24,30H,10-15H2,(H,25,28)/t17-,18-,20-/m0/s1. The van der Waals surface area contributed by atoms with Gasteiger partial charge >= 0.3 is 0 Å². The SMILES string of the molecule is O=C(NO)[C@H]1C[C@H](Oc2ccccn2)CN[C@@H]1C(=O)N1CCN(c2ccccc2)CC1. The first-order valence-electron chi connectivity index (χ1n) is 10.5. The molecule has 31 heavy (non-hydrogen) atoms. The molecule has 3 N–H and O–H groups in total. The first-order valence-corrected chi connectivity index (χ1v) is 10.5. The van der Waals surface area contributed by atoms with E-state index in [0.717, 1.165) is 18.8 Å². The summed E-state index contributed by atoms with van der Waals surface area (Å²) in [5, 5.41) is 12.4. The monoisotopic (exact) mass is 425 g/mol. The van der Waals surface area contributed by atoms with Gasteiger partial charge in [-0.05, 0) is 24.6 Å². The van der Waals surface area contributed by atoms with Crippen LogP contribution in [0.4, 0.5) is 5.69 Å². The molecule has 0 saturated carbocycles. The number of hydroxylamine groups is 1. The summed E-state index contributed by atoms with van der Waals surface area (Å²) in [6, 6.07) is 14.7. The van der Waals surface area contributed by atoms with Crippen molar-refractivity contribution < 1.29 is 19.5 Å². The number of nitrogens with one attached hydrogen (secondary N) is 2. The second-order valence-electron chi connectivity index (χ2n) is 7.76. The molecule has 4 rings (SSSR count). The minimum absolute atomic E-state index is 0.127. The zero-order valence-corrected chi connectivity index (χ0v) is 17.2. The number of anilines is 1. The average Bonchev–Trinajstić information content (AvgIpc) is 2.84. The molecule has 9 nitrogen and oxygen atoms in total. The van der Waals surface area contributed by atoms with Crippen LogP contribution < -0.4 is 20.4 Å². The zero-order valence-electron chi connectivity index (χ0n) is 17.2. The van der Waals surface area contributed by atoms with Gasteiger partial charge < -0.3 is 19.9 Å². The molecule has 9 heteroatoms. The molecular formula is C22H27N5O4. The van der Waals surface area contributed by atoms with E-state index in [9.17, 15) is 14.8 Å². The summed E-state index contributed by atoms with van der Waals surface area (Å²) < 4.78 is 5.85. The summed E-state index contributed by atoms with van der Waals surface area (Å²) in [6.07, 6.45) is 1.59. The molecule has 164 valence electrons. The molecule has 2 saturated heterocycles. The third kappa shape index (κ3) is 4.95. The van der Waals surface area contributed by atoms with E-state index >= 15 is 0 Å². The molecule has 1 aromatic carbocycles. The highest BCUT2D eigenvalue weighted by Gasteiger charge is 2.42. The second kappa shape index (κ2) is 9.76. The van der Waals surface area contributed by atoms with Gasteiger partial charge in [-0.25, -0.2) is 10.5 Å². The Hall–Kier alpha value is -3.17. The molecule has 0 unspecified atom stereocenters. The number of aromatic nitrogens is 1. The third-order valence-corrected chi connectivity index (χ3v) is 5.84. The van der Waals surface area contributed by atoms with Crippen LogP contribution >= 0.6 is 0 Å². The fourth-order valence-corrected chi connectivity index (χ4v) is 4.20. The Morgan fingerprint density at radius 2 is 1.81 bits per heavy atom. The predicted molar refractivity (Wildman–Crippen MR) is 114 cm³/mol. The van der Waals surface area contributed by atoms with E-state index in [1.165, 1.54) is 0 Å². The molecule has 3 atom stereocenters. The van der Waals surface area contributed by atoms with Crippen molar-refractivity contribution in [1.82, 2.24) is 20.7 Å². The van der Waals surface area contributed by atoms with Crippen LogP contribution in [0.15, 0.2) is 54.7 Å². The summed E-state index contributed by atoms with van der Waals surface area (Å²) in [4.78, 5) is 33.7. The van der Waals surface area contributed by atoms with Crippen LogP contribution in [0.2, 0.25) is 0 Å². The first kappa shape index (κ1) is 21.1. The van der Waals surface area contributed by atoms with Crippen LogP contribution in [0.5, 0.6) is 5.88 Å². The Bertz CT molecular complexity index is 874. The van der Waals surface area contributed by atoms with Gasteiger partial charge in [0.1, 0.15) is 6.10 Å². The Kier molecular flexibility index (Phi) is 6.63. The molecule has 2 aliphatic rings. The predicted octanol–water partition coefficient (Wildman–Crippen LogP) is 0.661. The Morgan fingerprint density at radius 3 is 2.48 bits per heavy atom. The number of piperazine rings is 1. The van der Waals surface area contributed by atoms with Gasteiger partial charge in [-0.15, -0.1) is 0 Å². The van der Waals surface area contributed by atoms with E-state index in [2.05, 4.69) is 27.3 Å². The van der Waals surface area contributed by atoms with E-state index < -0.39 is 17.9 Å². The van der Waals surface area contributed by atoms with Crippen molar-refractivity contribution >= 4 is 17.5 Å². The molecule has 2 fully saturated rings. The number of nitrogens with zero attached hydrogens (tertiary/aromatic N) is 3. The molecule has 0 spiro atoms. The van der Waals surface area contributed by atoms with Gasteiger partial charge in [-0.2, -0.15) is 0 Å². The van der Waals surface area contributed by atoms with Crippen molar-refractivity contribution in [1.29, 1.82) is 0 Å². The minimum Gasteiger partial charge on any atom is -0.473 e. The zero-order chi connectivity index (χ0) is 21.6. The lowest BCUT2D eigenvalue weighted by molar-refractivity contribution is -0.145. The van der Waals surface area contributed by atoms with E-state index in [1.54, 1.807) is 28.7 Å². The number of pyridine rings is 1. The van der Waals surface area contributed by atoms with Gasteiger partial charge in [0.05, 0.1) is 12.0 Å². The van der Waals surface area contributed by atoms with Gasteiger partial charge in [0.2, 0.25) is 17.7 Å². The minimum atomic E-state index is -0.743. The molecular weight excluding hydrogens is 398 g/mol. The molecule has 1 aromatic heterocycles. The number of amides is 2. The number of hydrogen-bond acceptors (Lipinski definition) is 7. The molecule has 2 amide bonds. The Balaban J connectivity index is 1.38. The van der Waals surface area contributed by atoms with Gasteiger partial charge in [0.25, 0.3) is 0 Å². The molecule has 3 heterocycles. The number of carbonyl (C=O) groups excluding carboxylic acids is 2. The van der Waals surface area contributed by atoms with E-state index in [4.69, 9.17) is 4.74 Å². The first-order chi connectivity index (χ1) is 15.2. The summed E-state index contributed by atoms with van der Waals surface area (Å²) >= 11 is 0. The Labute approximate surface area is 181 Å². The van der Waals surface area contributed by atoms with Crippen LogP contribution in [0.3, 0.4) is 0 Å². The van der Waals surface area contributed by atoms with Crippen LogP contribution in [-0.2, 0) is 9.59 Å².